The Hall–Kier alpha value is -2.91. The largest absolute Gasteiger partial charge is 0.480 e. The number of carboxylic acid groups (broad SMARTS) is 1. The zero-order chi connectivity index (χ0) is 21.0. The molecule has 0 saturated carbocycles. The number of amides is 1. The van der Waals surface area contributed by atoms with Crippen molar-refractivity contribution in [3.05, 3.63) is 59.7 Å². The predicted octanol–water partition coefficient (Wildman–Crippen LogP) is 1.92. The van der Waals surface area contributed by atoms with E-state index in [4.69, 9.17) is 4.74 Å². The number of alkyl carbamates (subject to hydrolysis) is 1. The maximum Gasteiger partial charge on any atom is 0.407 e. The highest BCUT2D eigenvalue weighted by Gasteiger charge is 2.29. The van der Waals surface area contributed by atoms with Crippen LogP contribution in [0.4, 0.5) is 4.79 Å². The Labute approximate surface area is 168 Å². The second kappa shape index (κ2) is 8.62. The second-order valence-corrected chi connectivity index (χ2v) is 8.65. The van der Waals surface area contributed by atoms with Crippen molar-refractivity contribution < 1.29 is 27.9 Å². The molecule has 0 aliphatic heterocycles. The minimum absolute atomic E-state index is 0.0633. The van der Waals surface area contributed by atoms with E-state index in [1.54, 1.807) is 0 Å². The zero-order valence-corrected chi connectivity index (χ0v) is 16.6. The van der Waals surface area contributed by atoms with Gasteiger partial charge in [-0.15, -0.1) is 0 Å². The first-order valence-electron chi connectivity index (χ1n) is 9.05. The molecule has 1 unspecified atom stereocenters. The van der Waals surface area contributed by atoms with Crippen LogP contribution in [0.15, 0.2) is 48.5 Å². The molecule has 154 valence electrons. The number of hydrogen-bond donors (Lipinski definition) is 3. The van der Waals surface area contributed by atoms with Crippen molar-refractivity contribution in [1.29, 1.82) is 0 Å². The maximum atomic E-state index is 12.2. The molecule has 8 nitrogen and oxygen atoms in total. The Morgan fingerprint density at radius 3 is 2.14 bits per heavy atom. The Morgan fingerprint density at radius 2 is 1.62 bits per heavy atom. The molecule has 0 spiro atoms. The van der Waals surface area contributed by atoms with Gasteiger partial charge in [-0.3, -0.25) is 0 Å². The van der Waals surface area contributed by atoms with E-state index in [0.717, 1.165) is 28.5 Å². The van der Waals surface area contributed by atoms with Crippen molar-refractivity contribution in [2.45, 2.75) is 18.4 Å². The summed E-state index contributed by atoms with van der Waals surface area (Å²) in [5.41, 5.74) is 4.28. The van der Waals surface area contributed by atoms with Gasteiger partial charge in [0.1, 0.15) is 12.6 Å². The van der Waals surface area contributed by atoms with Gasteiger partial charge in [-0.25, -0.2) is 22.7 Å². The Balaban J connectivity index is 1.62. The number of hydrogen-bond acceptors (Lipinski definition) is 5. The first-order chi connectivity index (χ1) is 13.8. The third-order valence-electron chi connectivity index (χ3n) is 4.73. The number of aliphatic carboxylic acids is 1. The SMILES string of the molecule is CS(=O)(=O)NCCC(NC(=O)OCC1c2ccccc2-c2ccccc21)C(=O)O. The van der Waals surface area contributed by atoms with E-state index in [2.05, 4.69) is 10.0 Å². The van der Waals surface area contributed by atoms with Gasteiger partial charge in [0, 0.05) is 12.5 Å². The standard InChI is InChI=1S/C20H22N2O6S/c1-29(26,27)21-11-10-18(19(23)24)22-20(25)28-12-17-15-8-4-2-6-13(15)14-7-3-5-9-16(14)17/h2-9,17-18,21H,10-12H2,1H3,(H,22,25)(H,23,24). The van der Waals surface area contributed by atoms with Crippen LogP contribution in [0.1, 0.15) is 23.5 Å². The molecule has 2 aromatic carbocycles. The molecule has 29 heavy (non-hydrogen) atoms. The van der Waals surface area contributed by atoms with Crippen LogP contribution in [0.5, 0.6) is 0 Å². The molecule has 9 heteroatoms. The molecule has 1 aliphatic rings. The van der Waals surface area contributed by atoms with Crippen LogP contribution < -0.4 is 10.0 Å². The molecule has 3 N–H and O–H groups in total. The van der Waals surface area contributed by atoms with Gasteiger partial charge in [-0.2, -0.15) is 0 Å². The fourth-order valence-corrected chi connectivity index (χ4v) is 3.92. The van der Waals surface area contributed by atoms with E-state index in [-0.39, 0.29) is 25.5 Å². The van der Waals surface area contributed by atoms with Gasteiger partial charge in [-0.05, 0) is 28.7 Å². The van der Waals surface area contributed by atoms with Gasteiger partial charge < -0.3 is 15.2 Å². The van der Waals surface area contributed by atoms with Crippen LogP contribution in [-0.2, 0) is 19.6 Å². The fourth-order valence-electron chi connectivity index (χ4n) is 3.43. The lowest BCUT2D eigenvalue weighted by molar-refractivity contribution is -0.139. The van der Waals surface area contributed by atoms with Gasteiger partial charge >= 0.3 is 12.1 Å². The van der Waals surface area contributed by atoms with Gasteiger partial charge in [0.15, 0.2) is 0 Å². The number of carbonyl (C=O) groups excluding carboxylic acids is 1. The summed E-state index contributed by atoms with van der Waals surface area (Å²) in [7, 11) is -3.44. The molecule has 1 aliphatic carbocycles. The molecular weight excluding hydrogens is 396 g/mol. The number of carbonyl (C=O) groups is 2. The molecule has 3 rings (SSSR count). The van der Waals surface area contributed by atoms with Crippen LogP contribution in [0.2, 0.25) is 0 Å². The Morgan fingerprint density at radius 1 is 1.07 bits per heavy atom. The van der Waals surface area contributed by atoms with Crippen molar-refractivity contribution in [2.75, 3.05) is 19.4 Å². The summed E-state index contributed by atoms with van der Waals surface area (Å²) in [6.45, 7) is -0.0484. The van der Waals surface area contributed by atoms with E-state index in [1.807, 2.05) is 48.5 Å². The Kier molecular flexibility index (Phi) is 6.19. The normalized spacial score (nSPS) is 14.0. The molecule has 0 saturated heterocycles. The average Bonchev–Trinajstić information content (AvgIpc) is 2.98. The summed E-state index contributed by atoms with van der Waals surface area (Å²) in [6, 6.07) is 14.5. The molecular formula is C20H22N2O6S. The van der Waals surface area contributed by atoms with Crippen LogP contribution in [-0.4, -0.2) is 51.0 Å². The lowest BCUT2D eigenvalue weighted by atomic mass is 9.98. The van der Waals surface area contributed by atoms with Crippen LogP contribution >= 0.6 is 0 Å². The zero-order valence-electron chi connectivity index (χ0n) is 15.8. The summed E-state index contributed by atoms with van der Waals surface area (Å²) >= 11 is 0. The van der Waals surface area contributed by atoms with Crippen molar-refractivity contribution >= 4 is 22.1 Å². The molecule has 0 radical (unpaired) electrons. The van der Waals surface area contributed by atoms with E-state index < -0.39 is 28.1 Å². The van der Waals surface area contributed by atoms with E-state index in [0.29, 0.717) is 0 Å². The lowest BCUT2D eigenvalue weighted by Crippen LogP contribution is -2.43. The van der Waals surface area contributed by atoms with Crippen molar-refractivity contribution in [3.8, 4) is 11.1 Å². The topological polar surface area (TPSA) is 122 Å². The van der Waals surface area contributed by atoms with Crippen molar-refractivity contribution in [1.82, 2.24) is 10.0 Å². The summed E-state index contributed by atoms with van der Waals surface area (Å²) in [5.74, 6) is -1.41. The van der Waals surface area contributed by atoms with Crippen LogP contribution in [0.3, 0.4) is 0 Å². The van der Waals surface area contributed by atoms with E-state index >= 15 is 0 Å². The van der Waals surface area contributed by atoms with Crippen LogP contribution in [0.25, 0.3) is 11.1 Å². The minimum Gasteiger partial charge on any atom is -0.480 e. The quantitative estimate of drug-likeness (QED) is 0.602. The summed E-state index contributed by atoms with van der Waals surface area (Å²) in [4.78, 5) is 23.5. The summed E-state index contributed by atoms with van der Waals surface area (Å²) in [6.07, 6.45) is 0.00700. The van der Waals surface area contributed by atoms with E-state index in [9.17, 15) is 23.1 Å². The number of ether oxygens (including phenoxy) is 1. The maximum absolute atomic E-state index is 12.2. The van der Waals surface area contributed by atoms with Crippen LogP contribution in [0, 0.1) is 0 Å². The Bertz CT molecular complexity index is 976. The van der Waals surface area contributed by atoms with Crippen molar-refractivity contribution in [3.63, 3.8) is 0 Å². The highest BCUT2D eigenvalue weighted by Crippen LogP contribution is 2.44. The number of sulfonamides is 1. The van der Waals surface area contributed by atoms with Crippen molar-refractivity contribution in [2.24, 2.45) is 0 Å². The number of fused-ring (bicyclic) bond motifs is 3. The average molecular weight is 418 g/mol. The molecule has 2 aromatic rings. The highest BCUT2D eigenvalue weighted by molar-refractivity contribution is 7.88. The molecule has 0 aromatic heterocycles. The lowest BCUT2D eigenvalue weighted by Gasteiger charge is -2.17. The molecule has 0 bridgehead atoms. The summed E-state index contributed by atoms with van der Waals surface area (Å²) in [5, 5.41) is 11.5. The van der Waals surface area contributed by atoms with Gasteiger partial charge in [0.05, 0.1) is 6.26 Å². The first-order valence-corrected chi connectivity index (χ1v) is 10.9. The third kappa shape index (κ3) is 5.12. The van der Waals surface area contributed by atoms with Gasteiger partial charge in [0.2, 0.25) is 10.0 Å². The molecule has 0 fully saturated rings. The third-order valence-corrected chi connectivity index (χ3v) is 5.46. The second-order valence-electron chi connectivity index (χ2n) is 6.82. The van der Waals surface area contributed by atoms with E-state index in [1.165, 1.54) is 0 Å². The predicted molar refractivity (Wildman–Crippen MR) is 107 cm³/mol. The summed E-state index contributed by atoms with van der Waals surface area (Å²) < 4.78 is 29.7. The molecule has 1 atom stereocenters. The smallest absolute Gasteiger partial charge is 0.407 e. The highest BCUT2D eigenvalue weighted by atomic mass is 32.2. The van der Waals surface area contributed by atoms with Gasteiger partial charge in [0.25, 0.3) is 0 Å². The van der Waals surface area contributed by atoms with Gasteiger partial charge in [-0.1, -0.05) is 48.5 Å². The number of rotatable bonds is 8. The molecule has 1 amide bonds. The number of benzene rings is 2. The number of carboxylic acids is 1. The minimum atomic E-state index is -3.44. The fraction of sp³-hybridized carbons (Fsp3) is 0.300. The number of nitrogens with one attached hydrogen (secondary N) is 2. The monoisotopic (exact) mass is 418 g/mol. The molecule has 0 heterocycles. The first kappa shape index (κ1) is 20.8.